The van der Waals surface area contributed by atoms with Gasteiger partial charge in [-0.2, -0.15) is 5.10 Å². The van der Waals surface area contributed by atoms with Crippen LogP contribution < -0.4 is 11.2 Å². The molecule has 17 heavy (non-hydrogen) atoms. The smallest absolute Gasteiger partial charge is 0.301 e. The minimum Gasteiger partial charge on any atom is -0.301 e. The second-order valence-electron chi connectivity index (χ2n) is 3.79. The third-order valence-corrected chi connectivity index (χ3v) is 2.57. The monoisotopic (exact) mass is 234 g/mol. The van der Waals surface area contributed by atoms with E-state index in [0.29, 0.717) is 12.2 Å². The second kappa shape index (κ2) is 4.40. The predicted octanol–water partition coefficient (Wildman–Crippen LogP) is -0.188. The van der Waals surface area contributed by atoms with Crippen LogP contribution in [0, 0.1) is 0 Å². The number of nitrogens with zero attached hydrogens (tertiary/aromatic N) is 4. The van der Waals surface area contributed by atoms with Gasteiger partial charge in [-0.15, -0.1) is 0 Å². The lowest BCUT2D eigenvalue weighted by molar-refractivity contribution is 0.589. The van der Waals surface area contributed by atoms with Crippen LogP contribution in [0.4, 0.5) is 0 Å². The van der Waals surface area contributed by atoms with Gasteiger partial charge in [0.25, 0.3) is 5.56 Å². The maximum atomic E-state index is 11.9. The third-order valence-electron chi connectivity index (χ3n) is 2.57. The molecule has 0 amide bonds. The summed E-state index contributed by atoms with van der Waals surface area (Å²) in [5, 5.41) is 4.15. The van der Waals surface area contributed by atoms with Gasteiger partial charge >= 0.3 is 5.69 Å². The van der Waals surface area contributed by atoms with Crippen molar-refractivity contribution in [2.24, 2.45) is 7.05 Å². The van der Waals surface area contributed by atoms with Crippen LogP contribution in [0.25, 0.3) is 0 Å². The van der Waals surface area contributed by atoms with Gasteiger partial charge in [-0.1, -0.05) is 0 Å². The first-order valence-electron chi connectivity index (χ1n) is 5.40. The fourth-order valence-electron chi connectivity index (χ4n) is 1.65. The van der Waals surface area contributed by atoms with Crippen LogP contribution in [0.2, 0.25) is 0 Å². The van der Waals surface area contributed by atoms with E-state index in [4.69, 9.17) is 0 Å². The van der Waals surface area contributed by atoms with Gasteiger partial charge in [-0.25, -0.2) is 4.79 Å². The van der Waals surface area contributed by atoms with Crippen LogP contribution in [-0.2, 0) is 20.1 Å². The molecular weight excluding hydrogens is 220 g/mol. The van der Waals surface area contributed by atoms with Crippen molar-refractivity contribution in [2.45, 2.75) is 20.0 Å². The molecule has 2 aromatic heterocycles. The molecule has 0 atom stereocenters. The van der Waals surface area contributed by atoms with Gasteiger partial charge in [0.1, 0.15) is 0 Å². The lowest BCUT2D eigenvalue weighted by Gasteiger charge is -2.06. The molecule has 0 radical (unpaired) electrons. The van der Waals surface area contributed by atoms with Crippen molar-refractivity contribution in [2.75, 3.05) is 0 Å². The first-order chi connectivity index (χ1) is 8.11. The Morgan fingerprint density at radius 3 is 2.59 bits per heavy atom. The molecular formula is C11H14N4O2. The Hall–Kier alpha value is -2.11. The molecule has 2 heterocycles. The van der Waals surface area contributed by atoms with E-state index in [2.05, 4.69) is 5.10 Å². The van der Waals surface area contributed by atoms with Gasteiger partial charge < -0.3 is 4.57 Å². The molecule has 0 fully saturated rings. The van der Waals surface area contributed by atoms with Crippen LogP contribution in [0.15, 0.2) is 34.1 Å². The number of hydrogen-bond acceptors (Lipinski definition) is 3. The van der Waals surface area contributed by atoms with Gasteiger partial charge in [0.2, 0.25) is 0 Å². The first kappa shape index (κ1) is 11.4. The van der Waals surface area contributed by atoms with Gasteiger partial charge in [0.15, 0.2) is 0 Å². The average Bonchev–Trinajstić information content (AvgIpc) is 2.70. The minimum atomic E-state index is -0.301. The lowest BCUT2D eigenvalue weighted by atomic mass is 10.4. The molecule has 0 aromatic carbocycles. The van der Waals surface area contributed by atoms with Crippen LogP contribution in [-0.4, -0.2) is 18.9 Å². The number of aryl methyl sites for hydroxylation is 2. The van der Waals surface area contributed by atoms with Crippen molar-refractivity contribution in [3.05, 3.63) is 51.1 Å². The summed E-state index contributed by atoms with van der Waals surface area (Å²) >= 11 is 0. The minimum absolute atomic E-state index is 0.208. The van der Waals surface area contributed by atoms with Gasteiger partial charge in [-0.05, 0) is 13.0 Å². The number of hydrogen-bond donors (Lipinski definition) is 0. The van der Waals surface area contributed by atoms with Crippen molar-refractivity contribution in [1.82, 2.24) is 18.9 Å². The molecule has 0 aliphatic carbocycles. The summed E-state index contributed by atoms with van der Waals surface area (Å²) in [5.74, 6) is 0. The molecule has 6 nitrogen and oxygen atoms in total. The van der Waals surface area contributed by atoms with Crippen molar-refractivity contribution >= 4 is 0 Å². The largest absolute Gasteiger partial charge is 0.331 e. The number of rotatable bonds is 3. The Morgan fingerprint density at radius 2 is 2.00 bits per heavy atom. The quantitative estimate of drug-likeness (QED) is 0.739. The van der Waals surface area contributed by atoms with E-state index in [9.17, 15) is 9.59 Å². The fraction of sp³-hybridized carbons (Fsp3) is 0.364. The summed E-state index contributed by atoms with van der Waals surface area (Å²) in [5.41, 5.74) is 0.0940. The molecule has 0 spiro atoms. The molecule has 0 unspecified atom stereocenters. The maximum Gasteiger partial charge on any atom is 0.331 e. The van der Waals surface area contributed by atoms with E-state index in [0.717, 1.165) is 0 Å². The number of aromatic nitrogens is 4. The molecule has 2 rings (SSSR count). The van der Waals surface area contributed by atoms with Crippen molar-refractivity contribution in [3.8, 4) is 0 Å². The lowest BCUT2D eigenvalue weighted by Crippen LogP contribution is -2.39. The summed E-state index contributed by atoms with van der Waals surface area (Å²) < 4.78 is 4.32. The topological polar surface area (TPSA) is 61.8 Å². The molecule has 0 N–H and O–H groups in total. The van der Waals surface area contributed by atoms with Crippen molar-refractivity contribution in [1.29, 1.82) is 0 Å². The highest BCUT2D eigenvalue weighted by atomic mass is 16.2. The zero-order valence-electron chi connectivity index (χ0n) is 9.83. The first-order valence-corrected chi connectivity index (χ1v) is 5.40. The molecule has 2 aromatic rings. The summed E-state index contributed by atoms with van der Waals surface area (Å²) in [6.07, 6.45) is 3.29. The van der Waals surface area contributed by atoms with E-state index in [1.807, 2.05) is 6.92 Å². The Balaban J connectivity index is 2.45. The average molecular weight is 234 g/mol. The molecule has 0 bridgehead atoms. The predicted molar refractivity (Wildman–Crippen MR) is 62.9 cm³/mol. The van der Waals surface area contributed by atoms with Crippen LogP contribution in [0.3, 0.4) is 0 Å². The third kappa shape index (κ3) is 2.20. The summed E-state index contributed by atoms with van der Waals surface area (Å²) in [7, 11) is 1.79. The van der Waals surface area contributed by atoms with E-state index >= 15 is 0 Å². The van der Waals surface area contributed by atoms with E-state index in [1.54, 1.807) is 24.0 Å². The fourth-order valence-corrected chi connectivity index (χ4v) is 1.65. The Labute approximate surface area is 97.7 Å². The highest BCUT2D eigenvalue weighted by molar-refractivity contribution is 5.00. The van der Waals surface area contributed by atoms with Crippen LogP contribution in [0.5, 0.6) is 0 Å². The van der Waals surface area contributed by atoms with Crippen LogP contribution >= 0.6 is 0 Å². The van der Waals surface area contributed by atoms with E-state index < -0.39 is 0 Å². The zero-order chi connectivity index (χ0) is 12.4. The molecule has 6 heteroatoms. The molecule has 90 valence electrons. The molecule has 0 saturated carbocycles. The van der Waals surface area contributed by atoms with Crippen molar-refractivity contribution in [3.63, 3.8) is 0 Å². The highest BCUT2D eigenvalue weighted by Crippen LogP contribution is 1.94. The van der Waals surface area contributed by atoms with Gasteiger partial charge in [-0.3, -0.25) is 14.0 Å². The summed E-state index contributed by atoms with van der Waals surface area (Å²) in [4.78, 5) is 23.6. The summed E-state index contributed by atoms with van der Waals surface area (Å²) in [6.45, 7) is 2.61. The second-order valence-corrected chi connectivity index (χ2v) is 3.79. The molecule has 0 aliphatic rings. The van der Waals surface area contributed by atoms with Crippen LogP contribution in [0.1, 0.15) is 12.6 Å². The van der Waals surface area contributed by atoms with E-state index in [1.165, 1.54) is 21.4 Å². The Morgan fingerprint density at radius 1 is 1.24 bits per heavy atom. The van der Waals surface area contributed by atoms with E-state index in [-0.39, 0.29) is 17.8 Å². The highest BCUT2D eigenvalue weighted by Gasteiger charge is 2.06. The van der Waals surface area contributed by atoms with Gasteiger partial charge in [0, 0.05) is 32.1 Å². The standard InChI is InChI=1S/C11H14N4O2/c1-3-14-7-5-10(16)15(11(14)17)8-9-4-6-13(2)12-9/h4-7H,3,8H2,1-2H3. The maximum absolute atomic E-state index is 11.9. The van der Waals surface area contributed by atoms with Gasteiger partial charge in [0.05, 0.1) is 12.2 Å². The molecule has 0 saturated heterocycles. The Bertz CT molecular complexity index is 635. The normalized spacial score (nSPS) is 10.7. The SMILES string of the molecule is CCn1ccc(=O)n(Cc2ccn(C)n2)c1=O. The zero-order valence-corrected chi connectivity index (χ0v) is 9.83. The van der Waals surface area contributed by atoms with Crippen molar-refractivity contribution < 1.29 is 0 Å². The molecule has 0 aliphatic heterocycles. The summed E-state index contributed by atoms with van der Waals surface area (Å²) in [6, 6.07) is 3.18. The Kier molecular flexibility index (Phi) is 2.95.